The van der Waals surface area contributed by atoms with E-state index >= 15 is 0 Å². The van der Waals surface area contributed by atoms with Gasteiger partial charge in [-0.1, -0.05) is 35.0 Å². The van der Waals surface area contributed by atoms with E-state index in [-0.39, 0.29) is 11.6 Å². The maximum atomic E-state index is 12.6. The second kappa shape index (κ2) is 6.94. The van der Waals surface area contributed by atoms with Gasteiger partial charge in [0.25, 0.3) is 5.91 Å². The van der Waals surface area contributed by atoms with E-state index in [1.165, 1.54) is 0 Å². The molecular formula is C18H17ClN4O2. The number of anilines is 1. The summed E-state index contributed by atoms with van der Waals surface area (Å²) in [4.78, 5) is 12.6. The van der Waals surface area contributed by atoms with Crippen molar-refractivity contribution in [2.75, 3.05) is 12.4 Å². The lowest BCUT2D eigenvalue weighted by Gasteiger charge is -2.10. The van der Waals surface area contributed by atoms with Gasteiger partial charge in [0.05, 0.1) is 24.2 Å². The Bertz CT molecular complexity index is 937. The minimum Gasteiger partial charge on any atom is -0.495 e. The molecule has 0 fully saturated rings. The lowest BCUT2D eigenvalue weighted by atomic mass is 10.2. The van der Waals surface area contributed by atoms with E-state index in [1.54, 1.807) is 36.9 Å². The Morgan fingerprint density at radius 2 is 1.96 bits per heavy atom. The number of rotatable bonds is 4. The van der Waals surface area contributed by atoms with Crippen molar-refractivity contribution < 1.29 is 9.53 Å². The van der Waals surface area contributed by atoms with Crippen molar-refractivity contribution in [2.45, 2.75) is 13.8 Å². The van der Waals surface area contributed by atoms with Crippen molar-refractivity contribution in [3.05, 3.63) is 64.4 Å². The van der Waals surface area contributed by atoms with Crippen molar-refractivity contribution >= 4 is 23.2 Å². The molecule has 0 aliphatic rings. The number of hydrogen-bond donors (Lipinski definition) is 1. The Kier molecular flexibility index (Phi) is 4.72. The summed E-state index contributed by atoms with van der Waals surface area (Å²) in [5.74, 6) is 0.222. The number of halogens is 1. The molecule has 6 nitrogen and oxygen atoms in total. The first-order valence-electron chi connectivity index (χ1n) is 7.64. The molecule has 25 heavy (non-hydrogen) atoms. The van der Waals surface area contributed by atoms with Gasteiger partial charge in [-0.2, -0.15) is 0 Å². The highest BCUT2D eigenvalue weighted by atomic mass is 35.5. The van der Waals surface area contributed by atoms with Crippen molar-refractivity contribution in [1.29, 1.82) is 0 Å². The molecule has 7 heteroatoms. The second-order valence-corrected chi connectivity index (χ2v) is 5.96. The van der Waals surface area contributed by atoms with Crippen LogP contribution in [0.15, 0.2) is 42.5 Å². The molecule has 1 amide bonds. The van der Waals surface area contributed by atoms with E-state index < -0.39 is 0 Å². The molecule has 2 aromatic carbocycles. The maximum Gasteiger partial charge on any atom is 0.278 e. The van der Waals surface area contributed by atoms with E-state index in [9.17, 15) is 4.79 Å². The molecule has 1 heterocycles. The van der Waals surface area contributed by atoms with Crippen LogP contribution in [0.25, 0.3) is 5.69 Å². The summed E-state index contributed by atoms with van der Waals surface area (Å²) >= 11 is 6.07. The van der Waals surface area contributed by atoms with Gasteiger partial charge < -0.3 is 10.1 Å². The van der Waals surface area contributed by atoms with Crippen molar-refractivity contribution in [3.63, 3.8) is 0 Å². The number of amides is 1. The number of para-hydroxylation sites is 2. The summed E-state index contributed by atoms with van der Waals surface area (Å²) < 4.78 is 6.85. The average molecular weight is 357 g/mol. The van der Waals surface area contributed by atoms with Crippen LogP contribution in [0.2, 0.25) is 5.02 Å². The number of aromatic nitrogens is 3. The quantitative estimate of drug-likeness (QED) is 0.772. The SMILES string of the molecule is COc1ccccc1NC(=O)c1nnn(-c2cc(Cl)ccc2C)c1C. The predicted molar refractivity (Wildman–Crippen MR) is 96.8 cm³/mol. The summed E-state index contributed by atoms with van der Waals surface area (Å²) in [6.07, 6.45) is 0. The molecule has 0 aliphatic heterocycles. The number of aryl methyl sites for hydroxylation is 1. The van der Waals surface area contributed by atoms with Crippen LogP contribution in [0.1, 0.15) is 21.7 Å². The molecule has 0 bridgehead atoms. The van der Waals surface area contributed by atoms with E-state index in [4.69, 9.17) is 16.3 Å². The molecule has 0 saturated carbocycles. The van der Waals surface area contributed by atoms with Crippen LogP contribution in [0, 0.1) is 13.8 Å². The van der Waals surface area contributed by atoms with Crippen molar-refractivity contribution in [3.8, 4) is 11.4 Å². The third kappa shape index (κ3) is 3.34. The minimum absolute atomic E-state index is 0.241. The summed E-state index contributed by atoms with van der Waals surface area (Å²) in [6.45, 7) is 3.73. The predicted octanol–water partition coefficient (Wildman–Crippen LogP) is 3.80. The van der Waals surface area contributed by atoms with Gasteiger partial charge in [0.1, 0.15) is 5.75 Å². The fraction of sp³-hybridized carbons (Fsp3) is 0.167. The van der Waals surface area contributed by atoms with Crippen molar-refractivity contribution in [1.82, 2.24) is 15.0 Å². The number of benzene rings is 2. The first-order chi connectivity index (χ1) is 12.0. The highest BCUT2D eigenvalue weighted by Crippen LogP contribution is 2.25. The second-order valence-electron chi connectivity index (χ2n) is 5.52. The lowest BCUT2D eigenvalue weighted by molar-refractivity contribution is 0.102. The number of nitrogens with zero attached hydrogens (tertiary/aromatic N) is 3. The highest BCUT2D eigenvalue weighted by molar-refractivity contribution is 6.30. The third-order valence-corrected chi connectivity index (χ3v) is 4.10. The first kappa shape index (κ1) is 17.0. The average Bonchev–Trinajstić information content (AvgIpc) is 2.99. The molecule has 1 N–H and O–H groups in total. The Labute approximate surface area is 150 Å². The van der Waals surface area contributed by atoms with Gasteiger partial charge in [0.2, 0.25) is 0 Å². The van der Waals surface area contributed by atoms with Crippen LogP contribution in [0.4, 0.5) is 5.69 Å². The summed E-state index contributed by atoms with van der Waals surface area (Å²) in [5.41, 5.74) is 3.20. The fourth-order valence-corrected chi connectivity index (χ4v) is 2.67. The van der Waals surface area contributed by atoms with Gasteiger partial charge in [-0.15, -0.1) is 5.10 Å². The third-order valence-electron chi connectivity index (χ3n) is 3.86. The Balaban J connectivity index is 1.93. The molecule has 128 valence electrons. The lowest BCUT2D eigenvalue weighted by Crippen LogP contribution is -2.15. The molecule has 0 unspecified atom stereocenters. The van der Waals surface area contributed by atoms with Crippen LogP contribution in [-0.2, 0) is 0 Å². The number of carbonyl (C=O) groups is 1. The number of methoxy groups -OCH3 is 1. The zero-order valence-electron chi connectivity index (χ0n) is 14.1. The Morgan fingerprint density at radius 3 is 2.72 bits per heavy atom. The minimum atomic E-state index is -0.354. The highest BCUT2D eigenvalue weighted by Gasteiger charge is 2.19. The van der Waals surface area contributed by atoms with Crippen LogP contribution in [0.5, 0.6) is 5.75 Å². The smallest absolute Gasteiger partial charge is 0.278 e. The van der Waals surface area contributed by atoms with Crippen LogP contribution < -0.4 is 10.1 Å². The largest absolute Gasteiger partial charge is 0.495 e. The summed E-state index contributed by atoms with van der Waals surface area (Å²) in [7, 11) is 1.55. The molecule has 0 aliphatic carbocycles. The van der Waals surface area contributed by atoms with Crippen LogP contribution >= 0.6 is 11.6 Å². The molecular weight excluding hydrogens is 340 g/mol. The normalized spacial score (nSPS) is 10.6. The monoisotopic (exact) mass is 356 g/mol. The van der Waals surface area contributed by atoms with Gasteiger partial charge in [0, 0.05) is 5.02 Å². The number of carbonyl (C=O) groups excluding carboxylic acids is 1. The molecule has 3 rings (SSSR count). The zero-order valence-corrected chi connectivity index (χ0v) is 14.8. The summed E-state index contributed by atoms with van der Waals surface area (Å²) in [5, 5.41) is 11.5. The Morgan fingerprint density at radius 1 is 1.20 bits per heavy atom. The van der Waals surface area contributed by atoms with Gasteiger partial charge in [-0.3, -0.25) is 4.79 Å². The number of nitrogens with one attached hydrogen (secondary N) is 1. The molecule has 0 spiro atoms. The Hall–Kier alpha value is -2.86. The van der Waals surface area contributed by atoms with Crippen LogP contribution in [-0.4, -0.2) is 28.0 Å². The molecule has 3 aromatic rings. The van der Waals surface area contributed by atoms with Crippen LogP contribution in [0.3, 0.4) is 0 Å². The van der Waals surface area contributed by atoms with Gasteiger partial charge in [-0.05, 0) is 43.7 Å². The maximum absolute atomic E-state index is 12.6. The van der Waals surface area contributed by atoms with Crippen molar-refractivity contribution in [2.24, 2.45) is 0 Å². The zero-order chi connectivity index (χ0) is 18.0. The number of hydrogen-bond acceptors (Lipinski definition) is 4. The number of ether oxygens (including phenoxy) is 1. The molecule has 1 aromatic heterocycles. The van der Waals surface area contributed by atoms with Gasteiger partial charge in [0.15, 0.2) is 5.69 Å². The molecule has 0 saturated heterocycles. The van der Waals surface area contributed by atoms with E-state index in [0.717, 1.165) is 11.3 Å². The first-order valence-corrected chi connectivity index (χ1v) is 8.02. The molecule has 0 radical (unpaired) electrons. The topological polar surface area (TPSA) is 69.0 Å². The van der Waals surface area contributed by atoms with Gasteiger partial charge in [-0.25, -0.2) is 4.68 Å². The van der Waals surface area contributed by atoms with E-state index in [0.29, 0.717) is 22.2 Å². The standard InChI is InChI=1S/C18H17ClN4O2/c1-11-8-9-13(19)10-15(11)23-12(2)17(21-22-23)18(24)20-14-6-4-5-7-16(14)25-3/h4-10H,1-3H3,(H,20,24). The fourth-order valence-electron chi connectivity index (χ4n) is 2.51. The summed E-state index contributed by atoms with van der Waals surface area (Å²) in [6, 6.07) is 12.7. The van der Waals surface area contributed by atoms with Gasteiger partial charge >= 0.3 is 0 Å². The van der Waals surface area contributed by atoms with E-state index in [2.05, 4.69) is 15.6 Å². The van der Waals surface area contributed by atoms with E-state index in [1.807, 2.05) is 31.2 Å². The molecule has 0 atom stereocenters.